The van der Waals surface area contributed by atoms with Crippen LogP contribution in [0.15, 0.2) is 85.1 Å². The number of benzene rings is 3. The molecule has 6 rings (SSSR count). The number of amides is 1. The van der Waals surface area contributed by atoms with Crippen LogP contribution in [-0.4, -0.2) is 21.1 Å². The second-order valence-electron chi connectivity index (χ2n) is 12.0. The summed E-state index contributed by atoms with van der Waals surface area (Å²) in [4.78, 5) is 17.9. The van der Waals surface area contributed by atoms with E-state index in [4.69, 9.17) is 21.3 Å². The maximum atomic E-state index is 13.8. The Bertz CT molecular complexity index is 1770. The Balaban J connectivity index is 1.48. The Hall–Kier alpha value is -4.16. The van der Waals surface area contributed by atoms with Crippen LogP contribution in [0.4, 0.5) is 9.18 Å². The highest BCUT2D eigenvalue weighted by atomic mass is 35.5. The molecule has 0 spiro atoms. The molecule has 0 atom stereocenters. The summed E-state index contributed by atoms with van der Waals surface area (Å²) in [6.07, 6.45) is 4.25. The standard InChI is InChI=1S/C35H33ClFN3O2/c1-22-28(36)21-40-31(25-9-6-5-7-10-25)30(38-32(40)29(22)23-13-17-27(37)18-14-23)24-11-15-26(16-12-24)35(19-8-20-35)39-33(41)42-34(2,3)4/h5-7,9-18,21H,8,19-20H2,1-4H3,(H,39,41). The fourth-order valence-electron chi connectivity index (χ4n) is 5.73. The molecule has 214 valence electrons. The van der Waals surface area contributed by atoms with Crippen LogP contribution in [0.5, 0.6) is 0 Å². The molecule has 3 aromatic carbocycles. The van der Waals surface area contributed by atoms with Crippen molar-refractivity contribution >= 4 is 23.3 Å². The van der Waals surface area contributed by atoms with E-state index >= 15 is 0 Å². The zero-order valence-corrected chi connectivity index (χ0v) is 24.9. The fraction of sp³-hybridized carbons (Fsp3) is 0.257. The molecule has 0 unspecified atom stereocenters. The predicted molar refractivity (Wildman–Crippen MR) is 166 cm³/mol. The van der Waals surface area contributed by atoms with Crippen LogP contribution < -0.4 is 5.32 Å². The van der Waals surface area contributed by atoms with Crippen LogP contribution in [0, 0.1) is 12.7 Å². The average Bonchev–Trinajstić information content (AvgIpc) is 3.30. The molecule has 0 bridgehead atoms. The minimum absolute atomic E-state index is 0.297. The van der Waals surface area contributed by atoms with Gasteiger partial charge < -0.3 is 10.1 Å². The molecule has 7 heteroatoms. The molecule has 1 aliphatic carbocycles. The second kappa shape index (κ2) is 10.6. The van der Waals surface area contributed by atoms with E-state index in [9.17, 15) is 9.18 Å². The minimum atomic E-state index is -0.566. The number of halogens is 2. The first-order valence-corrected chi connectivity index (χ1v) is 14.6. The summed E-state index contributed by atoms with van der Waals surface area (Å²) >= 11 is 6.80. The van der Waals surface area contributed by atoms with Gasteiger partial charge in [0, 0.05) is 22.9 Å². The van der Waals surface area contributed by atoms with Gasteiger partial charge >= 0.3 is 6.09 Å². The van der Waals surface area contributed by atoms with Gasteiger partial charge in [0.25, 0.3) is 0 Å². The summed E-state index contributed by atoms with van der Waals surface area (Å²) in [5, 5.41) is 3.74. The Morgan fingerprint density at radius 1 is 0.952 bits per heavy atom. The van der Waals surface area contributed by atoms with Crippen molar-refractivity contribution in [1.82, 2.24) is 14.7 Å². The summed E-state index contributed by atoms with van der Waals surface area (Å²) in [7, 11) is 0. The van der Waals surface area contributed by atoms with Gasteiger partial charge in [0.2, 0.25) is 0 Å². The summed E-state index contributed by atoms with van der Waals surface area (Å²) < 4.78 is 21.4. The fourth-order valence-corrected chi connectivity index (χ4v) is 5.92. The number of imidazole rings is 1. The highest BCUT2D eigenvalue weighted by Gasteiger charge is 2.41. The summed E-state index contributed by atoms with van der Waals surface area (Å²) in [6, 6.07) is 24.8. The number of alkyl carbamates (subject to hydrolysis) is 1. The lowest BCUT2D eigenvalue weighted by molar-refractivity contribution is 0.0377. The van der Waals surface area contributed by atoms with Gasteiger partial charge in [-0.2, -0.15) is 0 Å². The number of pyridine rings is 1. The monoisotopic (exact) mass is 581 g/mol. The van der Waals surface area contributed by atoms with Crippen molar-refractivity contribution in [2.75, 3.05) is 0 Å². The van der Waals surface area contributed by atoms with Gasteiger partial charge in [-0.3, -0.25) is 4.40 Å². The van der Waals surface area contributed by atoms with Gasteiger partial charge in [-0.05, 0) is 75.8 Å². The van der Waals surface area contributed by atoms with Crippen molar-refractivity contribution in [2.45, 2.75) is 58.1 Å². The van der Waals surface area contributed by atoms with Crippen LogP contribution in [0.2, 0.25) is 5.02 Å². The Morgan fingerprint density at radius 3 is 2.19 bits per heavy atom. The summed E-state index contributed by atoms with van der Waals surface area (Å²) in [5.41, 5.74) is 7.00. The molecule has 2 heterocycles. The van der Waals surface area contributed by atoms with E-state index in [1.165, 1.54) is 12.1 Å². The molecule has 0 aliphatic heterocycles. The van der Waals surface area contributed by atoms with Crippen LogP contribution in [0.3, 0.4) is 0 Å². The van der Waals surface area contributed by atoms with Crippen molar-refractivity contribution in [1.29, 1.82) is 0 Å². The zero-order valence-electron chi connectivity index (χ0n) is 24.2. The molecular weight excluding hydrogens is 549 g/mol. The number of carbonyl (C=O) groups is 1. The lowest BCUT2D eigenvalue weighted by Gasteiger charge is -2.43. The van der Waals surface area contributed by atoms with Gasteiger partial charge in [-0.1, -0.05) is 78.3 Å². The van der Waals surface area contributed by atoms with Gasteiger partial charge in [-0.15, -0.1) is 0 Å². The zero-order chi connectivity index (χ0) is 29.6. The minimum Gasteiger partial charge on any atom is -0.444 e. The third-order valence-electron chi connectivity index (χ3n) is 7.95. The van der Waals surface area contributed by atoms with Crippen LogP contribution in [0.25, 0.3) is 39.3 Å². The molecule has 42 heavy (non-hydrogen) atoms. The van der Waals surface area contributed by atoms with E-state index in [1.54, 1.807) is 12.1 Å². The SMILES string of the molecule is Cc1c(Cl)cn2c(-c3ccccc3)c(-c3ccc(C4(NC(=O)OC(C)(C)C)CCC4)cc3)nc2c1-c1ccc(F)cc1. The van der Waals surface area contributed by atoms with Crippen molar-refractivity contribution in [3.8, 4) is 33.6 Å². The summed E-state index contributed by atoms with van der Waals surface area (Å²) in [6.45, 7) is 7.56. The number of ether oxygens (including phenoxy) is 1. The number of rotatable bonds is 5. The highest BCUT2D eigenvalue weighted by Crippen LogP contribution is 2.43. The van der Waals surface area contributed by atoms with Gasteiger partial charge in [0.15, 0.2) is 0 Å². The second-order valence-corrected chi connectivity index (χ2v) is 12.4. The maximum Gasteiger partial charge on any atom is 0.408 e. The normalized spacial score (nSPS) is 14.4. The van der Waals surface area contributed by atoms with E-state index in [0.29, 0.717) is 5.02 Å². The average molecular weight is 582 g/mol. The van der Waals surface area contributed by atoms with Crippen molar-refractivity contribution in [2.24, 2.45) is 0 Å². The van der Waals surface area contributed by atoms with Crippen molar-refractivity contribution in [3.05, 3.63) is 107 Å². The molecular formula is C35H33ClFN3O2. The number of hydrogen-bond acceptors (Lipinski definition) is 3. The van der Waals surface area contributed by atoms with Crippen molar-refractivity contribution in [3.63, 3.8) is 0 Å². The molecule has 5 aromatic rings. The molecule has 1 N–H and O–H groups in total. The molecule has 0 saturated heterocycles. The first kappa shape index (κ1) is 28.0. The van der Waals surface area contributed by atoms with Gasteiger partial charge in [-0.25, -0.2) is 14.2 Å². The van der Waals surface area contributed by atoms with E-state index in [-0.39, 0.29) is 5.82 Å². The first-order valence-electron chi connectivity index (χ1n) is 14.2. The number of nitrogens with one attached hydrogen (secondary N) is 1. The van der Waals surface area contributed by atoms with Gasteiger partial charge in [0.1, 0.15) is 17.1 Å². The Morgan fingerprint density at radius 2 is 1.60 bits per heavy atom. The third kappa shape index (κ3) is 5.16. The molecule has 0 radical (unpaired) electrons. The number of carbonyl (C=O) groups excluding carboxylic acids is 1. The highest BCUT2D eigenvalue weighted by molar-refractivity contribution is 6.32. The Kier molecular flexibility index (Phi) is 7.06. The van der Waals surface area contributed by atoms with Crippen molar-refractivity contribution < 1.29 is 13.9 Å². The lowest BCUT2D eigenvalue weighted by Crippen LogP contribution is -2.52. The molecule has 1 saturated carbocycles. The number of nitrogens with zero attached hydrogens (tertiary/aromatic N) is 2. The summed E-state index contributed by atoms with van der Waals surface area (Å²) in [5.74, 6) is -0.297. The third-order valence-corrected chi connectivity index (χ3v) is 8.33. The van der Waals surface area contributed by atoms with Crippen LogP contribution >= 0.6 is 11.6 Å². The number of aromatic nitrogens is 2. The predicted octanol–water partition coefficient (Wildman–Crippen LogP) is 9.34. The van der Waals surface area contributed by atoms with E-state index in [1.807, 2.05) is 56.5 Å². The maximum absolute atomic E-state index is 13.8. The van der Waals surface area contributed by atoms with Crippen LogP contribution in [0.1, 0.15) is 51.2 Å². The van der Waals surface area contributed by atoms with Crippen LogP contribution in [-0.2, 0) is 10.3 Å². The van der Waals surface area contributed by atoms with Gasteiger partial charge in [0.05, 0.1) is 21.9 Å². The molecule has 5 nitrogen and oxygen atoms in total. The quantitative estimate of drug-likeness (QED) is 0.225. The molecule has 1 aliphatic rings. The molecule has 2 aromatic heterocycles. The van der Waals surface area contributed by atoms with E-state index < -0.39 is 17.2 Å². The number of fused-ring (bicyclic) bond motifs is 1. The topological polar surface area (TPSA) is 55.6 Å². The molecule has 1 amide bonds. The van der Waals surface area contributed by atoms with E-state index in [0.717, 1.165) is 69.7 Å². The number of hydrogen-bond donors (Lipinski definition) is 1. The molecule has 1 fully saturated rings. The first-order chi connectivity index (χ1) is 20.0. The smallest absolute Gasteiger partial charge is 0.408 e. The Labute approximate surface area is 250 Å². The largest absolute Gasteiger partial charge is 0.444 e. The van der Waals surface area contributed by atoms with E-state index in [2.05, 4.69) is 41.7 Å². The lowest BCUT2D eigenvalue weighted by atomic mass is 9.71.